The first-order valence-corrected chi connectivity index (χ1v) is 10.2. The van der Waals surface area contributed by atoms with Crippen LogP contribution in [0.15, 0.2) is 41.3 Å². The van der Waals surface area contributed by atoms with Gasteiger partial charge in [0.25, 0.3) is 10.0 Å². The summed E-state index contributed by atoms with van der Waals surface area (Å²) < 4.78 is 38.6. The Balaban J connectivity index is 1.61. The first-order valence-electron chi connectivity index (χ1n) is 8.67. The van der Waals surface area contributed by atoms with Crippen LogP contribution in [0.2, 0.25) is 0 Å². The number of carbonyl (C=O) groups excluding carboxylic acids is 2. The zero-order chi connectivity index (χ0) is 19.9. The summed E-state index contributed by atoms with van der Waals surface area (Å²) in [5, 5.41) is 2.76. The summed E-state index contributed by atoms with van der Waals surface area (Å²) in [4.78, 5) is 23.4. The van der Waals surface area contributed by atoms with Gasteiger partial charge in [-0.15, -0.1) is 0 Å². The van der Waals surface area contributed by atoms with Gasteiger partial charge >= 0.3 is 0 Å². The summed E-state index contributed by atoms with van der Waals surface area (Å²) in [6.45, 7) is 1.91. The molecule has 0 saturated carbocycles. The second-order valence-corrected chi connectivity index (χ2v) is 8.37. The van der Waals surface area contributed by atoms with Crippen LogP contribution in [0, 0.1) is 0 Å². The summed E-state index contributed by atoms with van der Waals surface area (Å²) in [5.74, 6) is 0.497. The standard InChI is InChI=1S/C19H18N2O6S/c1-11(22)15-7-17-18(27-10-26-17)8-16(15)21-28(24,25)14-4-2-12(3-5-14)13-6-19(23)20-9-13/h2-5,7-8,13,21H,6,9-10H2,1H3,(H,20,23). The third-order valence-electron chi connectivity index (χ3n) is 4.78. The molecule has 1 saturated heterocycles. The highest BCUT2D eigenvalue weighted by molar-refractivity contribution is 7.92. The molecule has 2 heterocycles. The third kappa shape index (κ3) is 3.40. The Bertz CT molecular complexity index is 1060. The van der Waals surface area contributed by atoms with Gasteiger partial charge in [-0.25, -0.2) is 8.42 Å². The molecular formula is C19H18N2O6S. The van der Waals surface area contributed by atoms with E-state index in [0.29, 0.717) is 24.5 Å². The van der Waals surface area contributed by atoms with Crippen molar-refractivity contribution in [2.24, 2.45) is 0 Å². The van der Waals surface area contributed by atoms with Crippen molar-refractivity contribution >= 4 is 27.4 Å². The number of ether oxygens (including phenoxy) is 2. The SMILES string of the molecule is CC(=O)c1cc2c(cc1NS(=O)(=O)c1ccc(C3CNC(=O)C3)cc1)OCO2. The Kier molecular flexibility index (Phi) is 4.46. The fourth-order valence-electron chi connectivity index (χ4n) is 3.28. The smallest absolute Gasteiger partial charge is 0.261 e. The number of ketones is 1. The number of hydrogen-bond donors (Lipinski definition) is 2. The number of rotatable bonds is 5. The van der Waals surface area contributed by atoms with Crippen molar-refractivity contribution in [3.63, 3.8) is 0 Å². The van der Waals surface area contributed by atoms with Crippen LogP contribution in [0.3, 0.4) is 0 Å². The molecule has 2 aliphatic heterocycles. The number of benzene rings is 2. The molecule has 1 atom stereocenters. The van der Waals surface area contributed by atoms with E-state index in [9.17, 15) is 18.0 Å². The molecular weight excluding hydrogens is 384 g/mol. The molecule has 2 aliphatic rings. The highest BCUT2D eigenvalue weighted by atomic mass is 32.2. The second kappa shape index (κ2) is 6.83. The zero-order valence-electron chi connectivity index (χ0n) is 15.0. The highest BCUT2D eigenvalue weighted by Crippen LogP contribution is 2.38. The molecule has 0 aromatic heterocycles. The van der Waals surface area contributed by atoms with E-state index in [0.717, 1.165) is 5.56 Å². The quantitative estimate of drug-likeness (QED) is 0.741. The van der Waals surface area contributed by atoms with Gasteiger partial charge in [0, 0.05) is 30.5 Å². The molecule has 1 unspecified atom stereocenters. The molecule has 2 aromatic carbocycles. The van der Waals surface area contributed by atoms with Crippen molar-refractivity contribution in [3.05, 3.63) is 47.5 Å². The van der Waals surface area contributed by atoms with Crippen molar-refractivity contribution in [1.82, 2.24) is 5.32 Å². The summed E-state index contributed by atoms with van der Waals surface area (Å²) in [6.07, 6.45) is 0.392. The van der Waals surface area contributed by atoms with Crippen molar-refractivity contribution in [2.45, 2.75) is 24.2 Å². The Hall–Kier alpha value is -3.07. The fourth-order valence-corrected chi connectivity index (χ4v) is 4.35. The molecule has 2 aromatic rings. The highest BCUT2D eigenvalue weighted by Gasteiger charge is 2.25. The van der Waals surface area contributed by atoms with Gasteiger partial charge in [0.05, 0.1) is 10.6 Å². The molecule has 8 nitrogen and oxygen atoms in total. The van der Waals surface area contributed by atoms with Gasteiger partial charge in [-0.3, -0.25) is 14.3 Å². The average Bonchev–Trinajstić information content (AvgIpc) is 3.29. The first kappa shape index (κ1) is 18.3. The Morgan fingerprint density at radius 2 is 1.82 bits per heavy atom. The number of sulfonamides is 1. The second-order valence-electron chi connectivity index (χ2n) is 6.69. The van der Waals surface area contributed by atoms with Crippen LogP contribution in [-0.4, -0.2) is 33.4 Å². The van der Waals surface area contributed by atoms with Crippen LogP contribution < -0.4 is 19.5 Å². The lowest BCUT2D eigenvalue weighted by molar-refractivity contribution is -0.119. The zero-order valence-corrected chi connectivity index (χ0v) is 15.8. The monoisotopic (exact) mass is 402 g/mol. The van der Waals surface area contributed by atoms with Gasteiger partial charge in [0.15, 0.2) is 17.3 Å². The Morgan fingerprint density at radius 1 is 1.14 bits per heavy atom. The maximum Gasteiger partial charge on any atom is 0.261 e. The number of carbonyl (C=O) groups is 2. The number of amides is 1. The minimum atomic E-state index is -3.92. The van der Waals surface area contributed by atoms with E-state index >= 15 is 0 Å². The predicted octanol–water partition coefficient (Wildman–Crippen LogP) is 2.02. The lowest BCUT2D eigenvalue weighted by Crippen LogP contribution is -2.15. The van der Waals surface area contributed by atoms with Gasteiger partial charge in [-0.1, -0.05) is 12.1 Å². The molecule has 9 heteroatoms. The van der Waals surface area contributed by atoms with E-state index in [2.05, 4.69) is 10.0 Å². The van der Waals surface area contributed by atoms with Gasteiger partial charge in [0.1, 0.15) is 0 Å². The maximum atomic E-state index is 12.8. The van der Waals surface area contributed by atoms with Crippen LogP contribution in [0.25, 0.3) is 0 Å². The number of fused-ring (bicyclic) bond motifs is 1. The van der Waals surface area contributed by atoms with Gasteiger partial charge < -0.3 is 14.8 Å². The number of anilines is 1. The van der Waals surface area contributed by atoms with Crippen LogP contribution >= 0.6 is 0 Å². The minimum absolute atomic E-state index is 0.0112. The summed E-state index contributed by atoms with van der Waals surface area (Å²) in [7, 11) is -3.92. The van der Waals surface area contributed by atoms with E-state index in [-0.39, 0.29) is 40.5 Å². The topological polar surface area (TPSA) is 111 Å². The fraction of sp³-hybridized carbons (Fsp3) is 0.263. The lowest BCUT2D eigenvalue weighted by Gasteiger charge is -2.13. The minimum Gasteiger partial charge on any atom is -0.454 e. The lowest BCUT2D eigenvalue weighted by atomic mass is 9.99. The van der Waals surface area contributed by atoms with E-state index in [1.807, 2.05) is 0 Å². The largest absolute Gasteiger partial charge is 0.454 e. The van der Waals surface area contributed by atoms with Crippen LogP contribution in [0.4, 0.5) is 5.69 Å². The molecule has 2 N–H and O–H groups in total. The molecule has 0 bridgehead atoms. The summed E-state index contributed by atoms with van der Waals surface area (Å²) in [6, 6.07) is 9.29. The van der Waals surface area contributed by atoms with Crippen molar-refractivity contribution in [3.8, 4) is 11.5 Å². The molecule has 146 valence electrons. The molecule has 1 amide bonds. The molecule has 0 aliphatic carbocycles. The number of hydrogen-bond acceptors (Lipinski definition) is 6. The average molecular weight is 402 g/mol. The van der Waals surface area contributed by atoms with Gasteiger partial charge in [0.2, 0.25) is 12.7 Å². The normalized spacial score (nSPS) is 18.0. The summed E-state index contributed by atoms with van der Waals surface area (Å²) >= 11 is 0. The molecule has 0 radical (unpaired) electrons. The number of nitrogens with one attached hydrogen (secondary N) is 2. The predicted molar refractivity (Wildman–Crippen MR) is 100 cm³/mol. The van der Waals surface area contributed by atoms with Gasteiger partial charge in [-0.05, 0) is 30.7 Å². The van der Waals surface area contributed by atoms with Gasteiger partial charge in [-0.2, -0.15) is 0 Å². The third-order valence-corrected chi connectivity index (χ3v) is 6.16. The maximum absolute atomic E-state index is 12.8. The molecule has 0 spiro atoms. The van der Waals surface area contributed by atoms with Crippen molar-refractivity contribution in [2.75, 3.05) is 18.1 Å². The first-order chi connectivity index (χ1) is 13.3. The van der Waals surface area contributed by atoms with Crippen LogP contribution in [0.5, 0.6) is 11.5 Å². The molecule has 4 rings (SSSR count). The van der Waals surface area contributed by atoms with E-state index in [4.69, 9.17) is 9.47 Å². The van der Waals surface area contributed by atoms with Crippen LogP contribution in [-0.2, 0) is 14.8 Å². The summed E-state index contributed by atoms with van der Waals surface area (Å²) in [5.41, 5.74) is 1.22. The van der Waals surface area contributed by atoms with E-state index in [1.54, 1.807) is 12.1 Å². The van der Waals surface area contributed by atoms with E-state index in [1.165, 1.54) is 31.2 Å². The van der Waals surface area contributed by atoms with Crippen molar-refractivity contribution < 1.29 is 27.5 Å². The molecule has 1 fully saturated rings. The number of Topliss-reactive ketones (excluding diaryl/α,β-unsaturated/α-hetero) is 1. The Labute approximate surface area is 161 Å². The Morgan fingerprint density at radius 3 is 2.43 bits per heavy atom. The van der Waals surface area contributed by atoms with Crippen LogP contribution in [0.1, 0.15) is 35.2 Å². The van der Waals surface area contributed by atoms with E-state index < -0.39 is 10.0 Å². The molecule has 28 heavy (non-hydrogen) atoms. The van der Waals surface area contributed by atoms with Crippen molar-refractivity contribution in [1.29, 1.82) is 0 Å².